The molecule has 0 heterocycles. The number of aliphatic hydroxyl groups excluding tert-OH is 3. The largest absolute Gasteiger partial charge is 0.394 e. The van der Waals surface area contributed by atoms with Gasteiger partial charge in [0.25, 0.3) is 0 Å². The van der Waals surface area contributed by atoms with Gasteiger partial charge < -0.3 is 20.6 Å². The molecule has 0 saturated carbocycles. The average molecular weight is 534 g/mol. The lowest BCUT2D eigenvalue weighted by Gasteiger charge is -2.21. The minimum absolute atomic E-state index is 0.386. The van der Waals surface area contributed by atoms with Gasteiger partial charge in [-0.15, -0.1) is 0 Å². The van der Waals surface area contributed by atoms with Gasteiger partial charge in [-0.2, -0.15) is 0 Å². The van der Waals surface area contributed by atoms with Gasteiger partial charge in [-0.25, -0.2) is 0 Å². The van der Waals surface area contributed by atoms with Gasteiger partial charge in [0.1, 0.15) is 6.10 Å². The number of carbonyl (C=O) groups excluding carboxylic acids is 1. The fourth-order valence-electron chi connectivity index (χ4n) is 4.08. The Kier molecular flexibility index (Phi) is 27.1. The maximum absolute atomic E-state index is 12.3. The van der Waals surface area contributed by atoms with Crippen LogP contribution in [0.2, 0.25) is 0 Å². The highest BCUT2D eigenvalue weighted by Gasteiger charge is 2.22. The van der Waals surface area contributed by atoms with E-state index < -0.39 is 24.2 Å². The third kappa shape index (κ3) is 23.4. The van der Waals surface area contributed by atoms with E-state index in [2.05, 4.69) is 55.6 Å². The summed E-state index contributed by atoms with van der Waals surface area (Å²) >= 11 is 0. The van der Waals surface area contributed by atoms with E-state index in [0.29, 0.717) is 6.42 Å². The van der Waals surface area contributed by atoms with Crippen molar-refractivity contribution in [3.8, 4) is 0 Å². The summed E-state index contributed by atoms with van der Waals surface area (Å²) in [5.41, 5.74) is 0. The van der Waals surface area contributed by atoms with E-state index in [-0.39, 0.29) is 6.61 Å². The Balaban J connectivity index is 3.96. The van der Waals surface area contributed by atoms with Crippen molar-refractivity contribution in [2.24, 2.45) is 0 Å². The molecule has 0 radical (unpaired) electrons. The predicted octanol–water partition coefficient (Wildman–Crippen LogP) is 7.47. The average Bonchev–Trinajstić information content (AvgIpc) is 2.92. The van der Waals surface area contributed by atoms with Crippen molar-refractivity contribution < 1.29 is 20.1 Å². The fourth-order valence-corrected chi connectivity index (χ4v) is 4.08. The lowest BCUT2D eigenvalue weighted by Crippen LogP contribution is -2.48. The zero-order chi connectivity index (χ0) is 28.1. The summed E-state index contributed by atoms with van der Waals surface area (Å²) < 4.78 is 0. The Morgan fingerprint density at radius 2 is 1.11 bits per heavy atom. The smallest absolute Gasteiger partial charge is 0.249 e. The quantitative estimate of drug-likeness (QED) is 0.0686. The molecule has 5 heteroatoms. The minimum atomic E-state index is -1.12. The van der Waals surface area contributed by atoms with Gasteiger partial charge in [0.2, 0.25) is 5.91 Å². The molecule has 0 aromatic rings. The van der Waals surface area contributed by atoms with Crippen molar-refractivity contribution in [3.63, 3.8) is 0 Å². The normalized spacial score (nSPS) is 14.8. The van der Waals surface area contributed by atoms with E-state index >= 15 is 0 Å². The second-order valence-electron chi connectivity index (χ2n) is 10.3. The highest BCUT2D eigenvalue weighted by Crippen LogP contribution is 2.09. The van der Waals surface area contributed by atoms with E-state index in [1.165, 1.54) is 51.4 Å². The topological polar surface area (TPSA) is 89.8 Å². The number of unbranched alkanes of at least 4 members (excludes halogenated alkanes) is 12. The van der Waals surface area contributed by atoms with Gasteiger partial charge in [0.15, 0.2) is 0 Å². The molecule has 3 unspecified atom stereocenters. The zero-order valence-corrected chi connectivity index (χ0v) is 24.5. The molecule has 220 valence electrons. The third-order valence-corrected chi connectivity index (χ3v) is 6.62. The van der Waals surface area contributed by atoms with E-state index in [1.54, 1.807) is 6.08 Å². The van der Waals surface area contributed by atoms with E-state index in [1.807, 2.05) is 6.08 Å². The summed E-state index contributed by atoms with van der Waals surface area (Å²) in [5.74, 6) is -0.538. The highest BCUT2D eigenvalue weighted by molar-refractivity contribution is 5.80. The summed E-state index contributed by atoms with van der Waals surface area (Å²) in [5, 5.41) is 32.6. The molecule has 0 saturated heterocycles. The SMILES string of the molecule is CCCC/C=C\CCCCCC(O)C(=O)NC(CO)C(O)/C=C/CC/C=C/CC/C=C/CCCCCCC. The molecule has 0 bridgehead atoms. The number of rotatable bonds is 26. The molecule has 0 aliphatic rings. The van der Waals surface area contributed by atoms with Gasteiger partial charge >= 0.3 is 0 Å². The van der Waals surface area contributed by atoms with Gasteiger partial charge in [-0.3, -0.25) is 4.79 Å². The van der Waals surface area contributed by atoms with Crippen molar-refractivity contribution in [1.29, 1.82) is 0 Å². The van der Waals surface area contributed by atoms with E-state index in [9.17, 15) is 20.1 Å². The number of nitrogens with one attached hydrogen (secondary N) is 1. The number of hydrogen-bond donors (Lipinski definition) is 4. The third-order valence-electron chi connectivity index (χ3n) is 6.62. The van der Waals surface area contributed by atoms with Gasteiger partial charge in [0, 0.05) is 0 Å². The fraction of sp³-hybridized carbons (Fsp3) is 0.727. The first-order valence-corrected chi connectivity index (χ1v) is 15.5. The molecule has 0 aromatic carbocycles. The van der Waals surface area contributed by atoms with Crippen LogP contribution in [0, 0.1) is 0 Å². The minimum Gasteiger partial charge on any atom is -0.394 e. The van der Waals surface area contributed by atoms with Crippen molar-refractivity contribution in [2.75, 3.05) is 6.61 Å². The molecule has 0 aliphatic heterocycles. The molecule has 0 spiro atoms. The lowest BCUT2D eigenvalue weighted by atomic mass is 10.1. The molecule has 0 fully saturated rings. The van der Waals surface area contributed by atoms with E-state index in [0.717, 1.165) is 57.8 Å². The highest BCUT2D eigenvalue weighted by atomic mass is 16.3. The maximum atomic E-state index is 12.3. The molecule has 1 amide bonds. The van der Waals surface area contributed by atoms with Crippen LogP contribution in [0.15, 0.2) is 48.6 Å². The van der Waals surface area contributed by atoms with Crippen LogP contribution in [0.4, 0.5) is 0 Å². The first-order valence-electron chi connectivity index (χ1n) is 15.5. The van der Waals surface area contributed by atoms with Gasteiger partial charge in [-0.1, -0.05) is 114 Å². The molecule has 0 rings (SSSR count). The van der Waals surface area contributed by atoms with Crippen molar-refractivity contribution in [1.82, 2.24) is 5.32 Å². The van der Waals surface area contributed by atoms with E-state index in [4.69, 9.17) is 0 Å². The summed E-state index contributed by atoms with van der Waals surface area (Å²) in [7, 11) is 0. The van der Waals surface area contributed by atoms with Crippen molar-refractivity contribution >= 4 is 5.91 Å². The van der Waals surface area contributed by atoms with Crippen LogP contribution in [0.5, 0.6) is 0 Å². The lowest BCUT2D eigenvalue weighted by molar-refractivity contribution is -0.131. The number of allylic oxidation sites excluding steroid dienone is 7. The second kappa shape index (κ2) is 28.3. The second-order valence-corrected chi connectivity index (χ2v) is 10.3. The van der Waals surface area contributed by atoms with Crippen LogP contribution >= 0.6 is 0 Å². The van der Waals surface area contributed by atoms with Crippen LogP contribution in [-0.2, 0) is 4.79 Å². The molecule has 4 N–H and O–H groups in total. The van der Waals surface area contributed by atoms with Crippen molar-refractivity contribution in [2.45, 2.75) is 148 Å². The van der Waals surface area contributed by atoms with Crippen LogP contribution in [0.25, 0.3) is 0 Å². The Hall–Kier alpha value is -1.69. The molecule has 5 nitrogen and oxygen atoms in total. The first kappa shape index (κ1) is 36.3. The molecule has 0 aromatic heterocycles. The standard InChI is InChI=1S/C33H59NO4/c1-3-5-7-9-11-13-14-15-16-17-18-20-21-23-25-27-31(36)30(29-35)34-33(38)32(37)28-26-24-22-19-12-10-8-6-4-2/h10,12,14-15,18,20,25,27,30-32,35-37H,3-9,11,13,16-17,19,21-24,26,28-29H2,1-2H3,(H,34,38)/b12-10-,15-14+,20-18+,27-25+. The number of carbonyl (C=O) groups is 1. The molecule has 0 aliphatic carbocycles. The van der Waals surface area contributed by atoms with Crippen LogP contribution in [0.3, 0.4) is 0 Å². The van der Waals surface area contributed by atoms with Crippen LogP contribution < -0.4 is 5.32 Å². The number of hydrogen-bond acceptors (Lipinski definition) is 4. The summed E-state index contributed by atoms with van der Waals surface area (Å²) in [6, 6.07) is -0.823. The molecule has 3 atom stereocenters. The Morgan fingerprint density at radius 3 is 1.66 bits per heavy atom. The number of amides is 1. The Labute approximate surface area is 234 Å². The summed E-state index contributed by atoms with van der Waals surface area (Å²) in [4.78, 5) is 12.3. The summed E-state index contributed by atoms with van der Waals surface area (Å²) in [6.45, 7) is 4.04. The predicted molar refractivity (Wildman–Crippen MR) is 162 cm³/mol. The summed E-state index contributed by atoms with van der Waals surface area (Å²) in [6.07, 6.45) is 34.1. The molecule has 38 heavy (non-hydrogen) atoms. The molecular weight excluding hydrogens is 474 g/mol. The van der Waals surface area contributed by atoms with Crippen LogP contribution in [0.1, 0.15) is 129 Å². The number of aliphatic hydroxyl groups is 3. The Morgan fingerprint density at radius 1 is 0.632 bits per heavy atom. The van der Waals surface area contributed by atoms with Crippen LogP contribution in [-0.4, -0.2) is 46.1 Å². The monoisotopic (exact) mass is 533 g/mol. The maximum Gasteiger partial charge on any atom is 0.249 e. The van der Waals surface area contributed by atoms with Crippen molar-refractivity contribution in [3.05, 3.63) is 48.6 Å². The molecular formula is C33H59NO4. The zero-order valence-electron chi connectivity index (χ0n) is 24.5. The van der Waals surface area contributed by atoms with Gasteiger partial charge in [-0.05, 0) is 64.2 Å². The van der Waals surface area contributed by atoms with Gasteiger partial charge in [0.05, 0.1) is 18.8 Å². The Bertz CT molecular complexity index is 641. The first-order chi connectivity index (χ1) is 18.6.